The van der Waals surface area contributed by atoms with Gasteiger partial charge in [0.15, 0.2) is 0 Å². The van der Waals surface area contributed by atoms with Gasteiger partial charge in [-0.2, -0.15) is 0 Å². The molecule has 298 valence electrons. The molecule has 0 heterocycles. The highest BCUT2D eigenvalue weighted by Crippen LogP contribution is 2.66. The van der Waals surface area contributed by atoms with Gasteiger partial charge in [-0.05, 0) is 125 Å². The van der Waals surface area contributed by atoms with E-state index >= 15 is 0 Å². The van der Waals surface area contributed by atoms with Crippen LogP contribution in [0.15, 0.2) is 176 Å². The molecule has 11 rings (SSSR count). The van der Waals surface area contributed by atoms with E-state index in [4.69, 9.17) is 0 Å². The van der Waals surface area contributed by atoms with Crippen LogP contribution in [0.4, 0.5) is 17.1 Å². The van der Waals surface area contributed by atoms with Crippen molar-refractivity contribution in [2.75, 3.05) is 4.90 Å². The molecule has 0 aromatic heterocycles. The normalized spacial score (nSPS) is 14.8. The number of hydrogen-bond donors (Lipinski definition) is 0. The molecular formula is C60H53N. The standard InChI is InChI=1S/C60H53N/c1-57(2,3)40-29-31-48-53(34-40)60(50-27-16-13-24-45(50)46-25-14-17-28-51(46)60)54-35-41(58(4,5)6)36-55(56(48)54)61(42-22-18-21-39(33-42)38-19-10-9-11-20-38)43-30-32-47-44-23-12-15-26-49(44)59(7,8)52(47)37-43/h9-37H,1-8H3. The molecule has 0 N–H and O–H groups in total. The lowest BCUT2D eigenvalue weighted by molar-refractivity contribution is 0.586. The van der Waals surface area contributed by atoms with E-state index in [-0.39, 0.29) is 16.2 Å². The van der Waals surface area contributed by atoms with E-state index in [0.29, 0.717) is 0 Å². The molecule has 0 aliphatic heterocycles. The first-order valence-electron chi connectivity index (χ1n) is 22.0. The van der Waals surface area contributed by atoms with Crippen LogP contribution in [0.25, 0.3) is 44.5 Å². The molecule has 3 aliphatic rings. The van der Waals surface area contributed by atoms with Crippen molar-refractivity contribution < 1.29 is 0 Å². The van der Waals surface area contributed by atoms with Gasteiger partial charge in [-0.15, -0.1) is 0 Å². The number of fused-ring (bicyclic) bond motifs is 13. The summed E-state index contributed by atoms with van der Waals surface area (Å²) in [6.07, 6.45) is 0. The van der Waals surface area contributed by atoms with Crippen LogP contribution < -0.4 is 4.90 Å². The second-order valence-corrected chi connectivity index (χ2v) is 20.2. The van der Waals surface area contributed by atoms with Crippen LogP contribution >= 0.6 is 0 Å². The third-order valence-corrected chi connectivity index (χ3v) is 14.2. The summed E-state index contributed by atoms with van der Waals surface area (Å²) in [7, 11) is 0. The summed E-state index contributed by atoms with van der Waals surface area (Å²) in [4.78, 5) is 2.59. The van der Waals surface area contributed by atoms with Gasteiger partial charge >= 0.3 is 0 Å². The second-order valence-electron chi connectivity index (χ2n) is 20.2. The van der Waals surface area contributed by atoms with Crippen LogP contribution in [0.2, 0.25) is 0 Å². The van der Waals surface area contributed by atoms with Crippen LogP contribution in [0.5, 0.6) is 0 Å². The van der Waals surface area contributed by atoms with Crippen molar-refractivity contribution in [3.63, 3.8) is 0 Å². The Labute approximate surface area is 362 Å². The molecule has 1 heteroatoms. The summed E-state index contributed by atoms with van der Waals surface area (Å²) in [6.45, 7) is 18.9. The van der Waals surface area contributed by atoms with Crippen molar-refractivity contribution in [3.8, 4) is 44.5 Å². The third kappa shape index (κ3) is 5.39. The molecule has 1 spiro atoms. The van der Waals surface area contributed by atoms with Crippen molar-refractivity contribution in [2.24, 2.45) is 0 Å². The zero-order valence-electron chi connectivity index (χ0n) is 36.7. The fraction of sp³-hybridized carbons (Fsp3) is 0.200. The molecule has 0 bridgehead atoms. The van der Waals surface area contributed by atoms with Crippen LogP contribution in [-0.2, 0) is 21.7 Å². The highest BCUT2D eigenvalue weighted by Gasteiger charge is 2.53. The number of rotatable bonds is 4. The van der Waals surface area contributed by atoms with Gasteiger partial charge in [-0.3, -0.25) is 0 Å². The van der Waals surface area contributed by atoms with Gasteiger partial charge in [-0.1, -0.05) is 201 Å². The quantitative estimate of drug-likeness (QED) is 0.172. The molecule has 61 heavy (non-hydrogen) atoms. The monoisotopic (exact) mass is 787 g/mol. The minimum Gasteiger partial charge on any atom is -0.310 e. The molecule has 8 aromatic rings. The first-order chi connectivity index (χ1) is 29.3. The molecule has 0 radical (unpaired) electrons. The number of hydrogen-bond acceptors (Lipinski definition) is 1. The average Bonchev–Trinajstić information content (AvgIpc) is 3.82. The van der Waals surface area contributed by atoms with E-state index < -0.39 is 5.41 Å². The van der Waals surface area contributed by atoms with Gasteiger partial charge in [0.2, 0.25) is 0 Å². The molecular weight excluding hydrogens is 735 g/mol. The van der Waals surface area contributed by atoms with Gasteiger partial charge in [0.1, 0.15) is 0 Å². The van der Waals surface area contributed by atoms with Crippen LogP contribution in [0.3, 0.4) is 0 Å². The molecule has 0 amide bonds. The molecule has 0 saturated heterocycles. The Kier molecular flexibility index (Phi) is 8.02. The Balaban J connectivity index is 1.28. The Bertz CT molecular complexity index is 3030. The summed E-state index contributed by atoms with van der Waals surface area (Å²) in [5.41, 5.74) is 24.0. The Morgan fingerprint density at radius 3 is 1.54 bits per heavy atom. The maximum Gasteiger partial charge on any atom is 0.0726 e. The van der Waals surface area contributed by atoms with E-state index in [0.717, 1.165) is 5.69 Å². The molecule has 0 fully saturated rings. The summed E-state index contributed by atoms with van der Waals surface area (Å²) in [5.74, 6) is 0. The lowest BCUT2D eigenvalue weighted by Gasteiger charge is -2.35. The van der Waals surface area contributed by atoms with Gasteiger partial charge in [-0.25, -0.2) is 0 Å². The van der Waals surface area contributed by atoms with Crippen molar-refractivity contribution in [3.05, 3.63) is 220 Å². The zero-order valence-corrected chi connectivity index (χ0v) is 36.7. The topological polar surface area (TPSA) is 3.24 Å². The summed E-state index contributed by atoms with van der Waals surface area (Å²) >= 11 is 0. The fourth-order valence-electron chi connectivity index (χ4n) is 11.0. The summed E-state index contributed by atoms with van der Waals surface area (Å²) < 4.78 is 0. The fourth-order valence-corrected chi connectivity index (χ4v) is 11.0. The van der Waals surface area contributed by atoms with Crippen molar-refractivity contribution in [2.45, 2.75) is 77.0 Å². The molecule has 3 aliphatic carbocycles. The second kappa shape index (κ2) is 13.0. The maximum absolute atomic E-state index is 2.59. The number of benzene rings is 8. The average molecular weight is 788 g/mol. The smallest absolute Gasteiger partial charge is 0.0726 e. The predicted octanol–water partition coefficient (Wildman–Crippen LogP) is 16.1. The molecule has 8 aromatic carbocycles. The van der Waals surface area contributed by atoms with Gasteiger partial charge in [0, 0.05) is 22.4 Å². The molecule has 0 saturated carbocycles. The zero-order chi connectivity index (χ0) is 42.1. The lowest BCUT2D eigenvalue weighted by atomic mass is 9.68. The van der Waals surface area contributed by atoms with Crippen LogP contribution in [0.1, 0.15) is 99.9 Å². The Morgan fingerprint density at radius 2 is 0.885 bits per heavy atom. The Hall–Kier alpha value is -6.44. The van der Waals surface area contributed by atoms with Crippen molar-refractivity contribution in [1.29, 1.82) is 0 Å². The highest BCUT2D eigenvalue weighted by molar-refractivity contribution is 6.02. The lowest BCUT2D eigenvalue weighted by Crippen LogP contribution is -2.27. The van der Waals surface area contributed by atoms with E-state index in [1.54, 1.807) is 0 Å². The van der Waals surface area contributed by atoms with E-state index in [1.807, 2.05) is 0 Å². The SMILES string of the molecule is CC(C)(C)c1ccc2c(c1)C1(c3ccccc3-c3ccccc31)c1cc(C(C)(C)C)cc(N(c3cccc(-c4ccccc4)c3)c3ccc4c(c3)C(C)(C)c3ccccc3-4)c1-2. The Morgan fingerprint density at radius 1 is 0.361 bits per heavy atom. The number of anilines is 3. The van der Waals surface area contributed by atoms with E-state index in [2.05, 4.69) is 236 Å². The van der Waals surface area contributed by atoms with Gasteiger partial charge < -0.3 is 4.90 Å². The molecule has 0 atom stereocenters. The summed E-state index contributed by atoms with van der Waals surface area (Å²) in [6, 6.07) is 67.2. The minimum absolute atomic E-state index is 0.0270. The van der Waals surface area contributed by atoms with E-state index in [9.17, 15) is 0 Å². The first-order valence-corrected chi connectivity index (χ1v) is 22.0. The molecule has 0 unspecified atom stereocenters. The first kappa shape index (κ1) is 37.6. The molecule has 1 nitrogen and oxygen atoms in total. The predicted molar refractivity (Wildman–Crippen MR) is 258 cm³/mol. The third-order valence-electron chi connectivity index (χ3n) is 14.2. The van der Waals surface area contributed by atoms with Crippen molar-refractivity contribution >= 4 is 17.1 Å². The number of nitrogens with zero attached hydrogens (tertiary/aromatic N) is 1. The maximum atomic E-state index is 2.59. The van der Waals surface area contributed by atoms with Gasteiger partial charge in [0.05, 0.1) is 11.1 Å². The minimum atomic E-state index is -0.492. The summed E-state index contributed by atoms with van der Waals surface area (Å²) in [5, 5.41) is 0. The largest absolute Gasteiger partial charge is 0.310 e. The van der Waals surface area contributed by atoms with Crippen molar-refractivity contribution in [1.82, 2.24) is 0 Å². The van der Waals surface area contributed by atoms with Crippen LogP contribution in [0, 0.1) is 0 Å². The highest BCUT2D eigenvalue weighted by atomic mass is 15.1. The van der Waals surface area contributed by atoms with E-state index in [1.165, 1.54) is 100 Å². The van der Waals surface area contributed by atoms with Gasteiger partial charge in [0.25, 0.3) is 0 Å². The van der Waals surface area contributed by atoms with Crippen LogP contribution in [-0.4, -0.2) is 0 Å².